The highest BCUT2D eigenvalue weighted by atomic mass is 35.5. The Bertz CT molecular complexity index is 703. The predicted molar refractivity (Wildman–Crippen MR) is 79.0 cm³/mol. The maximum atomic E-state index is 11.9. The number of halogens is 1. The van der Waals surface area contributed by atoms with Crippen molar-refractivity contribution in [1.29, 1.82) is 0 Å². The third-order valence-electron chi connectivity index (χ3n) is 2.46. The summed E-state index contributed by atoms with van der Waals surface area (Å²) in [6.07, 6.45) is 4.15. The second-order valence-electron chi connectivity index (χ2n) is 3.99. The van der Waals surface area contributed by atoms with Gasteiger partial charge in [-0.05, 0) is 30.3 Å². The number of rotatable bonds is 3. The van der Waals surface area contributed by atoms with Gasteiger partial charge in [-0.3, -0.25) is 9.78 Å². The number of hydrogen-bond acceptors (Lipinski definition) is 4. The van der Waals surface area contributed by atoms with Gasteiger partial charge in [0.05, 0.1) is 4.90 Å². The van der Waals surface area contributed by atoms with Crippen LogP contribution in [0.3, 0.4) is 0 Å². The number of carbonyl (C=O) groups excluding carboxylic acids is 1. The lowest BCUT2D eigenvalue weighted by atomic mass is 10.2. The van der Waals surface area contributed by atoms with Crippen LogP contribution in [0.25, 0.3) is 0 Å². The van der Waals surface area contributed by atoms with Crippen LogP contribution in [-0.2, 0) is 9.84 Å². The molecule has 0 aliphatic heterocycles. The van der Waals surface area contributed by atoms with Gasteiger partial charge < -0.3 is 5.32 Å². The van der Waals surface area contributed by atoms with E-state index >= 15 is 0 Å². The lowest BCUT2D eigenvalue weighted by Crippen LogP contribution is -2.12. The monoisotopic (exact) mass is 312 g/mol. The molecule has 2 aromatic rings. The van der Waals surface area contributed by atoms with Crippen molar-refractivity contribution in [3.8, 4) is 0 Å². The van der Waals surface area contributed by atoms with E-state index in [1.165, 1.54) is 24.5 Å². The number of benzene rings is 1. The average Bonchev–Trinajstić information content (AvgIpc) is 2.39. The molecule has 1 aromatic carbocycles. The van der Waals surface area contributed by atoms with Gasteiger partial charge in [0.15, 0.2) is 9.84 Å². The zero-order valence-corrected chi connectivity index (χ0v) is 12.2. The van der Waals surface area contributed by atoms with Crippen LogP contribution in [0.1, 0.15) is 10.4 Å². The van der Waals surface area contributed by atoms with Crippen LogP contribution in [-0.4, -0.2) is 25.6 Å². The number of hydrogen-bond donors (Lipinski definition) is 1. The summed E-state index contributed by atoms with van der Waals surface area (Å²) in [4.78, 5) is 15.9. The van der Waals surface area contributed by atoms with E-state index in [2.05, 4.69) is 10.3 Å². The van der Waals surface area contributed by atoms with E-state index in [9.17, 15) is 13.2 Å². The fourth-order valence-electron chi connectivity index (χ4n) is 1.51. The lowest BCUT2D eigenvalue weighted by Gasteiger charge is -2.06. The molecule has 5 nitrogen and oxygen atoms in total. The Balaban J connectivity index is 0.00000200. The molecule has 1 amide bonds. The number of anilines is 1. The molecule has 0 atom stereocenters. The average molecular weight is 313 g/mol. The maximum Gasteiger partial charge on any atom is 0.255 e. The first-order chi connectivity index (χ1) is 8.97. The highest BCUT2D eigenvalue weighted by Gasteiger charge is 2.09. The quantitative estimate of drug-likeness (QED) is 0.942. The summed E-state index contributed by atoms with van der Waals surface area (Å²) in [5.74, 6) is -0.312. The summed E-state index contributed by atoms with van der Waals surface area (Å²) < 4.78 is 22.8. The Morgan fingerprint density at radius 2 is 1.80 bits per heavy atom. The van der Waals surface area contributed by atoms with E-state index in [0.29, 0.717) is 11.3 Å². The van der Waals surface area contributed by atoms with Crippen molar-refractivity contribution < 1.29 is 13.2 Å². The number of nitrogens with zero attached hydrogens (tertiary/aromatic N) is 1. The van der Waals surface area contributed by atoms with Crippen LogP contribution in [0.5, 0.6) is 0 Å². The van der Waals surface area contributed by atoms with E-state index in [1.54, 1.807) is 24.3 Å². The number of pyridine rings is 1. The predicted octanol–water partition coefficient (Wildman–Crippen LogP) is 2.16. The van der Waals surface area contributed by atoms with Crippen LogP contribution >= 0.6 is 12.4 Å². The summed E-state index contributed by atoms with van der Waals surface area (Å²) in [5, 5.41) is 2.64. The number of aromatic nitrogens is 1. The summed E-state index contributed by atoms with van der Waals surface area (Å²) in [6, 6.07) is 9.28. The van der Waals surface area contributed by atoms with Gasteiger partial charge in [0, 0.05) is 29.9 Å². The molecule has 7 heteroatoms. The molecular formula is C13H13ClN2O3S. The molecule has 0 aliphatic carbocycles. The van der Waals surface area contributed by atoms with Crippen molar-refractivity contribution in [2.24, 2.45) is 0 Å². The molecule has 0 fully saturated rings. The Labute approximate surface area is 123 Å². The third kappa shape index (κ3) is 4.04. The number of nitrogens with one attached hydrogen (secondary N) is 1. The Morgan fingerprint density at radius 3 is 2.40 bits per heavy atom. The highest BCUT2D eigenvalue weighted by molar-refractivity contribution is 7.90. The number of amides is 1. The van der Waals surface area contributed by atoms with Gasteiger partial charge in [0.25, 0.3) is 5.91 Å². The molecule has 0 radical (unpaired) electrons. The van der Waals surface area contributed by atoms with E-state index < -0.39 is 9.84 Å². The molecular weight excluding hydrogens is 300 g/mol. The summed E-state index contributed by atoms with van der Waals surface area (Å²) in [5.41, 5.74) is 0.893. The molecule has 0 bridgehead atoms. The fourth-order valence-corrected chi connectivity index (χ4v) is 2.18. The van der Waals surface area contributed by atoms with Gasteiger partial charge >= 0.3 is 0 Å². The molecule has 0 aliphatic rings. The van der Waals surface area contributed by atoms with Gasteiger partial charge in [-0.15, -0.1) is 12.4 Å². The minimum atomic E-state index is -3.29. The molecule has 20 heavy (non-hydrogen) atoms. The Hall–Kier alpha value is -1.92. The van der Waals surface area contributed by atoms with E-state index in [-0.39, 0.29) is 23.2 Å². The number of sulfone groups is 1. The van der Waals surface area contributed by atoms with Crippen molar-refractivity contribution in [2.75, 3.05) is 11.6 Å². The van der Waals surface area contributed by atoms with Crippen LogP contribution in [0.15, 0.2) is 53.7 Å². The fraction of sp³-hybridized carbons (Fsp3) is 0.0769. The first-order valence-corrected chi connectivity index (χ1v) is 7.37. The van der Waals surface area contributed by atoms with Gasteiger partial charge in [-0.2, -0.15) is 0 Å². The summed E-state index contributed by atoms with van der Waals surface area (Å²) >= 11 is 0. The van der Waals surface area contributed by atoms with Crippen molar-refractivity contribution in [3.63, 3.8) is 0 Å². The summed E-state index contributed by atoms with van der Waals surface area (Å²) in [7, 11) is -3.29. The van der Waals surface area contributed by atoms with Crippen LogP contribution in [0, 0.1) is 0 Å². The van der Waals surface area contributed by atoms with Gasteiger partial charge in [0.1, 0.15) is 0 Å². The minimum absolute atomic E-state index is 0. The second-order valence-corrected chi connectivity index (χ2v) is 6.01. The van der Waals surface area contributed by atoms with Crippen molar-refractivity contribution >= 4 is 33.8 Å². The van der Waals surface area contributed by atoms with Gasteiger partial charge in [-0.1, -0.05) is 6.07 Å². The van der Waals surface area contributed by atoms with Crippen molar-refractivity contribution in [1.82, 2.24) is 4.98 Å². The molecule has 0 unspecified atom stereocenters. The lowest BCUT2D eigenvalue weighted by molar-refractivity contribution is 0.102. The van der Waals surface area contributed by atoms with Gasteiger partial charge in [0.2, 0.25) is 0 Å². The normalized spacial score (nSPS) is 10.4. The van der Waals surface area contributed by atoms with Crippen LogP contribution in [0.4, 0.5) is 5.69 Å². The Kier molecular flexibility index (Phi) is 5.24. The minimum Gasteiger partial charge on any atom is -0.322 e. The zero-order valence-electron chi connectivity index (χ0n) is 10.6. The van der Waals surface area contributed by atoms with Crippen LogP contribution < -0.4 is 5.32 Å². The topological polar surface area (TPSA) is 76.1 Å². The summed E-state index contributed by atoms with van der Waals surface area (Å²) in [6.45, 7) is 0. The SMILES string of the molecule is CS(=O)(=O)c1cccc(NC(=O)c2ccncc2)c1.Cl. The molecule has 2 rings (SSSR count). The number of carbonyl (C=O) groups is 1. The van der Waals surface area contributed by atoms with E-state index in [0.717, 1.165) is 6.26 Å². The largest absolute Gasteiger partial charge is 0.322 e. The molecule has 0 saturated carbocycles. The zero-order chi connectivity index (χ0) is 13.9. The van der Waals surface area contributed by atoms with Gasteiger partial charge in [-0.25, -0.2) is 8.42 Å². The van der Waals surface area contributed by atoms with Crippen molar-refractivity contribution in [2.45, 2.75) is 4.90 Å². The second kappa shape index (κ2) is 6.49. The molecule has 1 aromatic heterocycles. The molecule has 0 saturated heterocycles. The molecule has 1 heterocycles. The highest BCUT2D eigenvalue weighted by Crippen LogP contribution is 2.16. The molecule has 0 spiro atoms. The van der Waals surface area contributed by atoms with E-state index in [4.69, 9.17) is 0 Å². The molecule has 1 N–H and O–H groups in total. The van der Waals surface area contributed by atoms with E-state index in [1.807, 2.05) is 0 Å². The van der Waals surface area contributed by atoms with Crippen molar-refractivity contribution in [3.05, 3.63) is 54.4 Å². The smallest absolute Gasteiger partial charge is 0.255 e. The molecule has 106 valence electrons. The van der Waals surface area contributed by atoms with Crippen LogP contribution in [0.2, 0.25) is 0 Å². The Morgan fingerprint density at radius 1 is 1.15 bits per heavy atom. The standard InChI is InChI=1S/C13H12N2O3S.ClH/c1-19(17,18)12-4-2-3-11(9-12)15-13(16)10-5-7-14-8-6-10;/h2-9H,1H3,(H,15,16);1H. The first kappa shape index (κ1) is 16.1. The first-order valence-electron chi connectivity index (χ1n) is 5.48. The maximum absolute atomic E-state index is 11.9. The third-order valence-corrected chi connectivity index (χ3v) is 3.57.